The van der Waals surface area contributed by atoms with E-state index in [4.69, 9.17) is 34.6 Å². The summed E-state index contributed by atoms with van der Waals surface area (Å²) in [5.74, 6) is 4.94. The summed E-state index contributed by atoms with van der Waals surface area (Å²) >= 11 is 0. The average Bonchev–Trinajstić information content (AvgIpc) is 3.80. The number of ether oxygens (including phenoxy) is 1. The normalized spacial score (nSPS) is 12.5. The van der Waals surface area contributed by atoms with Gasteiger partial charge in [0.2, 0.25) is 0 Å². The van der Waals surface area contributed by atoms with Gasteiger partial charge in [0.25, 0.3) is 0 Å². The van der Waals surface area contributed by atoms with E-state index in [0.717, 1.165) is 101 Å². The Kier molecular flexibility index (Phi) is 10.3. The fourth-order valence-electron chi connectivity index (χ4n) is 11.0. The van der Waals surface area contributed by atoms with Crippen molar-refractivity contribution in [3.8, 4) is 113 Å². The fourth-order valence-corrected chi connectivity index (χ4v) is 11.0. The summed E-state index contributed by atoms with van der Waals surface area (Å²) in [6.45, 7) is 0. The number of hydrogen-bond donors (Lipinski definition) is 0. The topological polar surface area (TPSA) is 86.6 Å². The van der Waals surface area contributed by atoms with Gasteiger partial charge in [-0.2, -0.15) is 0 Å². The van der Waals surface area contributed by atoms with Gasteiger partial charge in [0.15, 0.2) is 34.9 Å². The van der Waals surface area contributed by atoms with Crippen LogP contribution in [0.1, 0.15) is 22.3 Å². The Morgan fingerprint density at radius 1 is 0.216 bits per heavy atom. The van der Waals surface area contributed by atoms with Crippen molar-refractivity contribution >= 4 is 0 Å². The minimum atomic E-state index is -0.975. The van der Waals surface area contributed by atoms with Gasteiger partial charge in [-0.05, 0) is 56.6 Å². The van der Waals surface area contributed by atoms with Gasteiger partial charge >= 0.3 is 0 Å². The zero-order valence-electron chi connectivity index (χ0n) is 39.8. The Balaban J connectivity index is 1.04. The molecule has 7 heteroatoms. The number of aromatic nitrogens is 6. The number of nitrogens with zero attached hydrogens (tertiary/aromatic N) is 6. The summed E-state index contributed by atoms with van der Waals surface area (Å²) < 4.78 is 6.89. The third-order valence-corrected chi connectivity index (χ3v) is 14.3. The minimum absolute atomic E-state index is 0.550. The molecule has 3 heterocycles. The molecule has 0 saturated heterocycles. The lowest BCUT2D eigenvalue weighted by atomic mass is 9.64. The third kappa shape index (κ3) is 7.13. The van der Waals surface area contributed by atoms with Crippen molar-refractivity contribution in [2.75, 3.05) is 0 Å². The molecule has 346 valence electrons. The summed E-state index contributed by atoms with van der Waals surface area (Å²) in [7, 11) is 0. The first kappa shape index (κ1) is 42.9. The van der Waals surface area contributed by atoms with E-state index in [1.165, 1.54) is 0 Å². The fraction of sp³-hybridized carbons (Fsp3) is 0.0149. The molecule has 14 rings (SSSR count). The van der Waals surface area contributed by atoms with Crippen molar-refractivity contribution in [2.24, 2.45) is 0 Å². The Hall–Kier alpha value is -9.98. The van der Waals surface area contributed by atoms with E-state index in [0.29, 0.717) is 34.9 Å². The Bertz CT molecular complexity index is 3870. The second-order valence-electron chi connectivity index (χ2n) is 18.5. The largest absolute Gasteiger partial charge is 0.457 e. The van der Waals surface area contributed by atoms with E-state index in [9.17, 15) is 0 Å². The molecule has 0 bridgehead atoms. The highest BCUT2D eigenvalue weighted by Gasteiger charge is 2.54. The first-order valence-electron chi connectivity index (χ1n) is 24.8. The van der Waals surface area contributed by atoms with E-state index >= 15 is 0 Å². The maximum absolute atomic E-state index is 6.89. The molecule has 1 aliphatic heterocycles. The Morgan fingerprint density at radius 3 is 0.865 bits per heavy atom. The lowest BCUT2D eigenvalue weighted by Gasteiger charge is -2.40. The summed E-state index contributed by atoms with van der Waals surface area (Å²) in [4.78, 5) is 32.1. The molecule has 1 aliphatic carbocycles. The summed E-state index contributed by atoms with van der Waals surface area (Å²) in [5, 5.41) is 0. The lowest BCUT2D eigenvalue weighted by Crippen LogP contribution is -2.33. The van der Waals surface area contributed by atoms with Crippen molar-refractivity contribution in [3.63, 3.8) is 0 Å². The Morgan fingerprint density at radius 2 is 0.486 bits per heavy atom. The summed E-state index contributed by atoms with van der Waals surface area (Å²) in [6.07, 6.45) is 0. The molecule has 0 amide bonds. The molecule has 0 radical (unpaired) electrons. The molecule has 0 unspecified atom stereocenters. The second-order valence-corrected chi connectivity index (χ2v) is 18.5. The molecule has 0 fully saturated rings. The maximum atomic E-state index is 6.89. The van der Waals surface area contributed by atoms with Gasteiger partial charge in [0, 0.05) is 44.5 Å². The van der Waals surface area contributed by atoms with Crippen LogP contribution in [0.15, 0.2) is 255 Å². The quantitative estimate of drug-likeness (QED) is 0.150. The molecule has 7 nitrogen and oxygen atoms in total. The third-order valence-electron chi connectivity index (χ3n) is 14.3. The van der Waals surface area contributed by atoms with Crippen LogP contribution in [0, 0.1) is 0 Å². The van der Waals surface area contributed by atoms with Crippen molar-refractivity contribution in [1.29, 1.82) is 0 Å². The molecule has 1 spiro atoms. The van der Waals surface area contributed by atoms with Crippen LogP contribution in [0.2, 0.25) is 0 Å². The highest BCUT2D eigenvalue weighted by atomic mass is 16.5. The molecular formula is C67H42N6O. The van der Waals surface area contributed by atoms with Crippen LogP contribution in [-0.2, 0) is 5.41 Å². The monoisotopic (exact) mass is 946 g/mol. The molecule has 74 heavy (non-hydrogen) atoms. The molecule has 0 atom stereocenters. The standard InChI is InChI=1S/C67H42N6O/c1-5-19-43(20-6-1)45-35-39-49(40-36-45)63-69-64(50-41-37-46(38-42-50)44-21-7-2-8-22-44)73-66(72-63)54-30-18-28-52-51-27-17-29-53(65-70-61(47-23-9-3-10-24-47)68-62(71-65)48-25-11-4-12-26-48)59(51)67(60(52)54)55-31-13-15-33-57(55)74-58-34-16-14-32-56(58)67/h1-42H. The first-order chi connectivity index (χ1) is 36.7. The lowest BCUT2D eigenvalue weighted by molar-refractivity contribution is 0.436. The molecular weight excluding hydrogens is 905 g/mol. The smallest absolute Gasteiger partial charge is 0.164 e. The van der Waals surface area contributed by atoms with E-state index in [-0.39, 0.29) is 0 Å². The van der Waals surface area contributed by atoms with Crippen molar-refractivity contribution in [3.05, 3.63) is 277 Å². The predicted molar refractivity (Wildman–Crippen MR) is 294 cm³/mol. The van der Waals surface area contributed by atoms with Crippen LogP contribution in [-0.4, -0.2) is 29.9 Å². The van der Waals surface area contributed by atoms with Crippen molar-refractivity contribution in [1.82, 2.24) is 29.9 Å². The Labute approximate surface area is 428 Å². The highest BCUT2D eigenvalue weighted by Crippen LogP contribution is 2.65. The molecule has 0 saturated carbocycles. The molecule has 12 aromatic rings. The molecule has 2 aliphatic rings. The van der Waals surface area contributed by atoms with Gasteiger partial charge in [-0.3, -0.25) is 0 Å². The second kappa shape index (κ2) is 17.7. The number of fused-ring (bicyclic) bond motifs is 9. The van der Waals surface area contributed by atoms with E-state index in [1.54, 1.807) is 0 Å². The van der Waals surface area contributed by atoms with Crippen LogP contribution >= 0.6 is 0 Å². The van der Waals surface area contributed by atoms with Gasteiger partial charge in [-0.25, -0.2) is 29.9 Å². The first-order valence-corrected chi connectivity index (χ1v) is 24.8. The molecule has 0 N–H and O–H groups in total. The highest BCUT2D eigenvalue weighted by molar-refractivity contribution is 5.97. The van der Waals surface area contributed by atoms with Gasteiger partial charge in [-0.15, -0.1) is 0 Å². The van der Waals surface area contributed by atoms with Crippen LogP contribution in [0.4, 0.5) is 0 Å². The maximum Gasteiger partial charge on any atom is 0.164 e. The van der Waals surface area contributed by atoms with Gasteiger partial charge in [0.1, 0.15) is 11.5 Å². The van der Waals surface area contributed by atoms with E-state index in [1.807, 2.05) is 84.9 Å². The summed E-state index contributed by atoms with van der Waals surface area (Å²) in [5.41, 5.74) is 15.0. The van der Waals surface area contributed by atoms with Gasteiger partial charge in [0.05, 0.1) is 5.41 Å². The molecule has 10 aromatic carbocycles. The van der Waals surface area contributed by atoms with Crippen molar-refractivity contribution < 1.29 is 4.74 Å². The zero-order valence-corrected chi connectivity index (χ0v) is 39.8. The predicted octanol–water partition coefficient (Wildman–Crippen LogP) is 15.9. The van der Waals surface area contributed by atoms with Crippen LogP contribution < -0.4 is 4.74 Å². The van der Waals surface area contributed by atoms with Crippen LogP contribution in [0.25, 0.3) is 102 Å². The number of hydrogen-bond acceptors (Lipinski definition) is 7. The number of rotatable bonds is 8. The average molecular weight is 947 g/mol. The number of para-hydroxylation sites is 2. The molecule has 2 aromatic heterocycles. The van der Waals surface area contributed by atoms with E-state index in [2.05, 4.69) is 170 Å². The van der Waals surface area contributed by atoms with Crippen molar-refractivity contribution in [2.45, 2.75) is 5.41 Å². The zero-order chi connectivity index (χ0) is 49.0. The van der Waals surface area contributed by atoms with Crippen LogP contribution in [0.5, 0.6) is 11.5 Å². The van der Waals surface area contributed by atoms with E-state index < -0.39 is 5.41 Å². The minimum Gasteiger partial charge on any atom is -0.457 e. The van der Waals surface area contributed by atoms with Crippen LogP contribution in [0.3, 0.4) is 0 Å². The van der Waals surface area contributed by atoms with Gasteiger partial charge in [-0.1, -0.05) is 243 Å². The SMILES string of the molecule is c1ccc(-c2ccc(-c3nc(-c4ccc(-c5ccccc5)cc4)nc(-c4cccc5c4C4(c6ccccc6Oc6ccccc64)c4c(-c6nc(-c7ccccc7)nc(-c7ccccc7)n6)cccc4-5)n3)cc2)cc1. The van der Waals surface area contributed by atoms with Gasteiger partial charge < -0.3 is 4.74 Å². The number of benzene rings is 10. The summed E-state index contributed by atoms with van der Waals surface area (Å²) in [6, 6.07) is 87.9.